The summed E-state index contributed by atoms with van der Waals surface area (Å²) in [7, 11) is -1.79. The molecule has 1 rings (SSSR count). The Morgan fingerprint density at radius 3 is 2.16 bits per heavy atom. The summed E-state index contributed by atoms with van der Waals surface area (Å²) in [5, 5.41) is -0.294. The topological polar surface area (TPSA) is 26.3 Å². The predicted octanol–water partition coefficient (Wildman–Crippen LogP) is 4.85. The molecular formula is C15H21ClO2Si. The van der Waals surface area contributed by atoms with Gasteiger partial charge in [-0.05, 0) is 53.5 Å². The molecule has 0 aliphatic heterocycles. The second-order valence-electron chi connectivity index (χ2n) is 6.07. The minimum Gasteiger partial charge on any atom is -0.544 e. The molecule has 0 aromatic heterocycles. The molecule has 0 heterocycles. The summed E-state index contributed by atoms with van der Waals surface area (Å²) in [5.74, 6) is 0.876. The fraction of sp³-hybridized carbons (Fsp3) is 0.400. The minimum atomic E-state index is -1.79. The second kappa shape index (κ2) is 5.93. The lowest BCUT2D eigenvalue weighted by atomic mass is 10.2. The first kappa shape index (κ1) is 16.0. The second-order valence-corrected chi connectivity index (χ2v) is 11.2. The number of benzene rings is 1. The predicted molar refractivity (Wildman–Crippen MR) is 84.2 cm³/mol. The fourth-order valence-electron chi connectivity index (χ4n) is 1.26. The van der Waals surface area contributed by atoms with Crippen LogP contribution in [0.2, 0.25) is 18.1 Å². The van der Waals surface area contributed by atoms with Crippen LogP contribution in [-0.4, -0.2) is 13.6 Å². The van der Waals surface area contributed by atoms with Gasteiger partial charge < -0.3 is 4.43 Å². The lowest BCUT2D eigenvalue weighted by Crippen LogP contribution is -2.43. The Hall–Kier alpha value is -1.06. The van der Waals surface area contributed by atoms with E-state index in [1.807, 2.05) is 24.3 Å². The molecule has 0 aliphatic rings. The SMILES string of the molecule is CC(C)(C)[Si](C)(C)Oc1ccc(/C=C/C(=O)Cl)cc1. The van der Waals surface area contributed by atoms with Crippen molar-refractivity contribution in [1.82, 2.24) is 0 Å². The van der Waals surface area contributed by atoms with E-state index in [2.05, 4.69) is 33.9 Å². The van der Waals surface area contributed by atoms with E-state index in [0.29, 0.717) is 0 Å². The molecular weight excluding hydrogens is 276 g/mol. The molecule has 0 radical (unpaired) electrons. The molecule has 4 heteroatoms. The van der Waals surface area contributed by atoms with Crippen molar-refractivity contribution in [1.29, 1.82) is 0 Å². The van der Waals surface area contributed by atoms with Gasteiger partial charge in [-0.2, -0.15) is 0 Å². The molecule has 0 atom stereocenters. The molecule has 0 saturated carbocycles. The number of hydrogen-bond acceptors (Lipinski definition) is 2. The summed E-state index contributed by atoms with van der Waals surface area (Å²) in [4.78, 5) is 10.6. The Labute approximate surface area is 121 Å². The summed E-state index contributed by atoms with van der Waals surface area (Å²) < 4.78 is 6.17. The molecule has 104 valence electrons. The molecule has 0 saturated heterocycles. The largest absolute Gasteiger partial charge is 0.544 e. The van der Waals surface area contributed by atoms with Crippen LogP contribution in [0.15, 0.2) is 30.3 Å². The summed E-state index contributed by atoms with van der Waals surface area (Å²) >= 11 is 5.25. The first-order valence-electron chi connectivity index (χ1n) is 6.28. The highest BCUT2D eigenvalue weighted by molar-refractivity contribution is 6.74. The lowest BCUT2D eigenvalue weighted by molar-refractivity contribution is -0.107. The van der Waals surface area contributed by atoms with Gasteiger partial charge in [0.2, 0.25) is 13.6 Å². The highest BCUT2D eigenvalue weighted by atomic mass is 35.5. The first-order valence-corrected chi connectivity index (χ1v) is 9.57. The van der Waals surface area contributed by atoms with Crippen LogP contribution in [0, 0.1) is 0 Å². The Balaban J connectivity index is 2.81. The Morgan fingerprint density at radius 2 is 1.74 bits per heavy atom. The number of allylic oxidation sites excluding steroid dienone is 1. The molecule has 0 aliphatic carbocycles. The molecule has 0 fully saturated rings. The standard InChI is InChI=1S/C15H21ClO2Si/c1-15(2,3)19(4,5)18-13-9-6-12(7-10-13)8-11-14(16)17/h6-11H,1-5H3/b11-8+. The zero-order valence-corrected chi connectivity index (χ0v) is 13.9. The zero-order chi connectivity index (χ0) is 14.7. The van der Waals surface area contributed by atoms with Crippen LogP contribution in [0.5, 0.6) is 5.75 Å². The van der Waals surface area contributed by atoms with E-state index in [4.69, 9.17) is 16.0 Å². The Bertz CT molecular complexity index is 470. The van der Waals surface area contributed by atoms with E-state index in [0.717, 1.165) is 11.3 Å². The summed E-state index contributed by atoms with van der Waals surface area (Å²) in [6.07, 6.45) is 3.02. The highest BCUT2D eigenvalue weighted by Crippen LogP contribution is 2.37. The van der Waals surface area contributed by atoms with Crippen LogP contribution in [0.25, 0.3) is 6.08 Å². The van der Waals surface area contributed by atoms with Crippen molar-refractivity contribution in [3.8, 4) is 5.75 Å². The number of hydrogen-bond donors (Lipinski definition) is 0. The molecule has 0 spiro atoms. The average Bonchev–Trinajstić information content (AvgIpc) is 2.26. The van der Waals surface area contributed by atoms with Gasteiger partial charge in [-0.3, -0.25) is 4.79 Å². The molecule has 19 heavy (non-hydrogen) atoms. The van der Waals surface area contributed by atoms with E-state index in [1.54, 1.807) is 6.08 Å². The molecule has 0 unspecified atom stereocenters. The number of carbonyl (C=O) groups is 1. The molecule has 0 bridgehead atoms. The smallest absolute Gasteiger partial charge is 0.250 e. The molecule has 2 nitrogen and oxygen atoms in total. The van der Waals surface area contributed by atoms with E-state index in [-0.39, 0.29) is 5.04 Å². The quantitative estimate of drug-likeness (QED) is 0.451. The molecule has 0 amide bonds. The van der Waals surface area contributed by atoms with Gasteiger partial charge in [-0.15, -0.1) is 0 Å². The van der Waals surface area contributed by atoms with E-state index in [1.165, 1.54) is 6.08 Å². The van der Waals surface area contributed by atoms with E-state index in [9.17, 15) is 4.79 Å². The van der Waals surface area contributed by atoms with Gasteiger partial charge in [0.05, 0.1) is 0 Å². The third-order valence-electron chi connectivity index (χ3n) is 3.47. The van der Waals surface area contributed by atoms with Crippen molar-refractivity contribution in [3.05, 3.63) is 35.9 Å². The maximum atomic E-state index is 10.6. The normalized spacial score (nSPS) is 12.7. The van der Waals surface area contributed by atoms with E-state index < -0.39 is 13.6 Å². The Morgan fingerprint density at radius 1 is 1.21 bits per heavy atom. The Kier molecular flexibility index (Phi) is 4.99. The maximum absolute atomic E-state index is 10.6. The van der Waals surface area contributed by atoms with Crippen LogP contribution in [0.1, 0.15) is 26.3 Å². The number of rotatable bonds is 4. The minimum absolute atomic E-state index is 0.177. The van der Waals surface area contributed by atoms with Crippen molar-refractivity contribution in [3.63, 3.8) is 0 Å². The maximum Gasteiger partial charge on any atom is 0.250 e. The number of carbonyl (C=O) groups excluding carboxylic acids is 1. The van der Waals surface area contributed by atoms with Gasteiger partial charge in [-0.25, -0.2) is 0 Å². The third-order valence-corrected chi connectivity index (χ3v) is 7.95. The van der Waals surface area contributed by atoms with Crippen LogP contribution in [0.3, 0.4) is 0 Å². The average molecular weight is 297 g/mol. The van der Waals surface area contributed by atoms with Gasteiger partial charge in [0.1, 0.15) is 5.75 Å². The monoisotopic (exact) mass is 296 g/mol. The first-order chi connectivity index (χ1) is 8.62. The summed E-state index contributed by atoms with van der Waals surface area (Å²) in [6, 6.07) is 7.69. The molecule has 1 aromatic carbocycles. The van der Waals surface area contributed by atoms with Crippen molar-refractivity contribution < 1.29 is 9.22 Å². The lowest BCUT2D eigenvalue weighted by Gasteiger charge is -2.36. The van der Waals surface area contributed by atoms with Gasteiger partial charge in [0.15, 0.2) is 0 Å². The van der Waals surface area contributed by atoms with Gasteiger partial charge in [-0.1, -0.05) is 39.0 Å². The van der Waals surface area contributed by atoms with Crippen LogP contribution in [-0.2, 0) is 4.79 Å². The summed E-state index contributed by atoms with van der Waals surface area (Å²) in [6.45, 7) is 11.1. The molecule has 0 N–H and O–H groups in total. The third kappa shape index (κ3) is 4.84. The molecule has 1 aromatic rings. The van der Waals surface area contributed by atoms with Gasteiger partial charge >= 0.3 is 0 Å². The number of halogens is 1. The van der Waals surface area contributed by atoms with Crippen molar-refractivity contribution in [2.75, 3.05) is 0 Å². The van der Waals surface area contributed by atoms with Crippen molar-refractivity contribution in [2.45, 2.75) is 38.9 Å². The summed E-state index contributed by atoms with van der Waals surface area (Å²) in [5.41, 5.74) is 0.927. The van der Waals surface area contributed by atoms with Gasteiger partial charge in [0.25, 0.3) is 0 Å². The zero-order valence-electron chi connectivity index (χ0n) is 12.2. The van der Waals surface area contributed by atoms with Gasteiger partial charge in [0, 0.05) is 0 Å². The van der Waals surface area contributed by atoms with Crippen molar-refractivity contribution in [2.24, 2.45) is 0 Å². The highest BCUT2D eigenvalue weighted by Gasteiger charge is 2.38. The van der Waals surface area contributed by atoms with Crippen LogP contribution in [0.4, 0.5) is 0 Å². The van der Waals surface area contributed by atoms with Crippen molar-refractivity contribution >= 4 is 31.2 Å². The van der Waals surface area contributed by atoms with Crippen LogP contribution >= 0.6 is 11.6 Å². The van der Waals surface area contributed by atoms with E-state index >= 15 is 0 Å². The fourth-order valence-corrected chi connectivity index (χ4v) is 2.35. The van der Waals surface area contributed by atoms with Crippen LogP contribution < -0.4 is 4.43 Å².